The maximum atomic E-state index is 15.1. The average Bonchev–Trinajstić information content (AvgIpc) is 3.38. The molecule has 1 saturated heterocycles. The lowest BCUT2D eigenvalue weighted by Gasteiger charge is -2.55. The van der Waals surface area contributed by atoms with E-state index in [2.05, 4.69) is 9.88 Å². The van der Waals surface area contributed by atoms with Gasteiger partial charge in [0.15, 0.2) is 11.5 Å². The quantitative estimate of drug-likeness (QED) is 0.885. The summed E-state index contributed by atoms with van der Waals surface area (Å²) in [7, 11) is 1.67. The molecular weight excluding hydrogens is 345 g/mol. The summed E-state index contributed by atoms with van der Waals surface area (Å²) in [6.07, 6.45) is 7.20. The van der Waals surface area contributed by atoms with Crippen LogP contribution in [0.1, 0.15) is 48.2 Å². The molecule has 4 rings (SSSR count). The van der Waals surface area contributed by atoms with E-state index in [9.17, 15) is 4.79 Å². The van der Waals surface area contributed by atoms with Gasteiger partial charge in [0.05, 0.1) is 0 Å². The molecule has 5 nitrogen and oxygen atoms in total. The van der Waals surface area contributed by atoms with Crippen molar-refractivity contribution in [1.82, 2.24) is 9.88 Å². The zero-order valence-corrected chi connectivity index (χ0v) is 15.2. The highest BCUT2D eigenvalue weighted by atomic mass is 35.5. The lowest BCUT2D eigenvalue weighted by Crippen LogP contribution is -2.59. The van der Waals surface area contributed by atoms with Crippen LogP contribution in [0.4, 0.5) is 4.39 Å². The minimum Gasteiger partial charge on any atom is -0.373 e. The molecule has 2 bridgehead atoms. The molecule has 2 N–H and O–H groups in total. The number of ether oxygens (including phenoxy) is 1. The molecule has 1 aromatic heterocycles. The van der Waals surface area contributed by atoms with Gasteiger partial charge in [-0.25, -0.2) is 9.37 Å². The van der Waals surface area contributed by atoms with Crippen LogP contribution < -0.4 is 5.73 Å². The molecule has 25 heavy (non-hydrogen) atoms. The van der Waals surface area contributed by atoms with Crippen molar-refractivity contribution in [1.29, 1.82) is 0 Å². The van der Waals surface area contributed by atoms with E-state index in [0.29, 0.717) is 11.6 Å². The Labute approximate surface area is 153 Å². The second-order valence-corrected chi connectivity index (χ2v) is 7.39. The Morgan fingerprint density at radius 3 is 2.48 bits per heavy atom. The number of halogens is 2. The molecule has 2 heterocycles. The molecule has 0 aromatic carbocycles. The van der Waals surface area contributed by atoms with Gasteiger partial charge in [-0.15, -0.1) is 12.4 Å². The molecule has 1 amide bonds. The van der Waals surface area contributed by atoms with Gasteiger partial charge in [0.2, 0.25) is 0 Å². The maximum absolute atomic E-state index is 15.1. The molecule has 0 unspecified atom stereocenters. The number of likely N-dealkylation sites (tertiary alicyclic amines) is 1. The van der Waals surface area contributed by atoms with Gasteiger partial charge < -0.3 is 10.5 Å². The smallest absolute Gasteiger partial charge is 0.270 e. The van der Waals surface area contributed by atoms with Crippen molar-refractivity contribution in [3.63, 3.8) is 0 Å². The van der Waals surface area contributed by atoms with Crippen LogP contribution in [-0.2, 0) is 10.3 Å². The largest absolute Gasteiger partial charge is 0.373 e. The van der Waals surface area contributed by atoms with Gasteiger partial charge in [0, 0.05) is 49.8 Å². The van der Waals surface area contributed by atoms with Crippen molar-refractivity contribution in [3.8, 4) is 0 Å². The third-order valence-corrected chi connectivity index (χ3v) is 6.17. The Morgan fingerprint density at radius 2 is 1.96 bits per heavy atom. The summed E-state index contributed by atoms with van der Waals surface area (Å²) in [5.74, 6) is -0.980. The number of carbonyl (C=O) groups excluding carboxylic acids is 1. The summed E-state index contributed by atoms with van der Waals surface area (Å²) in [6, 6.07) is 2.37. The van der Waals surface area contributed by atoms with Gasteiger partial charge in [-0.1, -0.05) is 6.42 Å². The van der Waals surface area contributed by atoms with E-state index in [1.807, 2.05) is 0 Å². The number of carbonyl (C=O) groups is 1. The number of primary amides is 1. The predicted octanol–water partition coefficient (Wildman–Crippen LogP) is 2.48. The molecule has 2 aliphatic carbocycles. The molecule has 2 saturated carbocycles. The fourth-order valence-electron chi connectivity index (χ4n) is 5.01. The fourth-order valence-corrected chi connectivity index (χ4v) is 5.01. The molecular formula is C18H25ClFN3O2. The first-order chi connectivity index (χ1) is 11.6. The van der Waals surface area contributed by atoms with Crippen molar-refractivity contribution >= 4 is 18.3 Å². The fraction of sp³-hybridized carbons (Fsp3) is 0.667. The van der Waals surface area contributed by atoms with E-state index in [0.717, 1.165) is 32.4 Å². The van der Waals surface area contributed by atoms with E-state index in [-0.39, 0.29) is 29.9 Å². The van der Waals surface area contributed by atoms with Crippen LogP contribution in [0, 0.1) is 17.7 Å². The van der Waals surface area contributed by atoms with Crippen molar-refractivity contribution in [2.75, 3.05) is 20.2 Å². The molecule has 0 radical (unpaired) electrons. The van der Waals surface area contributed by atoms with Crippen molar-refractivity contribution < 1.29 is 13.9 Å². The standard InChI is InChI=1S/C18H24FN3O2.ClH/c1-24-18(14-7-8-21-16(15(14)19)17(20)23)11-3-2-4-12(18)10-22(9-11)13-5-6-13;/h7-8,11-13H,2-6,9-10H2,1H3,(H2,20,23);1H/t11-,12+,18+;. The highest BCUT2D eigenvalue weighted by molar-refractivity contribution is 5.91. The van der Waals surface area contributed by atoms with E-state index >= 15 is 4.39 Å². The highest BCUT2D eigenvalue weighted by Gasteiger charge is 2.56. The predicted molar refractivity (Wildman–Crippen MR) is 94.1 cm³/mol. The third kappa shape index (κ3) is 2.84. The molecule has 3 fully saturated rings. The Morgan fingerprint density at radius 1 is 1.32 bits per heavy atom. The Bertz CT molecular complexity index is 654. The van der Waals surface area contributed by atoms with Crippen LogP contribution in [0.5, 0.6) is 0 Å². The minimum absolute atomic E-state index is 0. The number of amides is 1. The number of piperidine rings is 1. The molecule has 3 aliphatic rings. The minimum atomic E-state index is -0.832. The molecule has 0 spiro atoms. The molecule has 7 heteroatoms. The van der Waals surface area contributed by atoms with Crippen LogP contribution in [-0.4, -0.2) is 42.0 Å². The van der Waals surface area contributed by atoms with Crippen LogP contribution >= 0.6 is 12.4 Å². The summed E-state index contributed by atoms with van der Waals surface area (Å²) in [4.78, 5) is 17.9. The van der Waals surface area contributed by atoms with E-state index in [4.69, 9.17) is 10.5 Å². The molecule has 138 valence electrons. The van der Waals surface area contributed by atoms with Gasteiger partial charge in [-0.2, -0.15) is 0 Å². The van der Waals surface area contributed by atoms with E-state index < -0.39 is 17.3 Å². The number of fused-ring (bicyclic) bond motifs is 2. The maximum Gasteiger partial charge on any atom is 0.270 e. The third-order valence-electron chi connectivity index (χ3n) is 6.17. The number of nitrogens with zero attached hydrogens (tertiary/aromatic N) is 2. The van der Waals surface area contributed by atoms with Gasteiger partial charge in [0.1, 0.15) is 5.60 Å². The molecule has 1 aromatic rings. The number of aromatic nitrogens is 1. The number of methoxy groups -OCH3 is 1. The first-order valence-electron chi connectivity index (χ1n) is 8.82. The van der Waals surface area contributed by atoms with E-state index in [1.165, 1.54) is 19.0 Å². The Balaban J connectivity index is 0.00000182. The van der Waals surface area contributed by atoms with Crippen molar-refractivity contribution in [2.45, 2.75) is 43.7 Å². The van der Waals surface area contributed by atoms with Crippen molar-refractivity contribution in [3.05, 3.63) is 29.3 Å². The topological polar surface area (TPSA) is 68.5 Å². The normalized spacial score (nSPS) is 32.1. The monoisotopic (exact) mass is 369 g/mol. The van der Waals surface area contributed by atoms with Gasteiger partial charge >= 0.3 is 0 Å². The average molecular weight is 370 g/mol. The number of rotatable bonds is 4. The van der Waals surface area contributed by atoms with E-state index in [1.54, 1.807) is 13.2 Å². The lowest BCUT2D eigenvalue weighted by atomic mass is 9.62. The zero-order chi connectivity index (χ0) is 16.9. The second kappa shape index (κ2) is 6.82. The molecule has 1 aliphatic heterocycles. The summed E-state index contributed by atoms with van der Waals surface area (Å²) in [5, 5.41) is 0. The van der Waals surface area contributed by atoms with Gasteiger partial charge in [-0.05, 0) is 31.7 Å². The summed E-state index contributed by atoms with van der Waals surface area (Å²) in [6.45, 7) is 1.87. The molecule has 3 atom stereocenters. The second-order valence-electron chi connectivity index (χ2n) is 7.39. The van der Waals surface area contributed by atoms with Crippen molar-refractivity contribution in [2.24, 2.45) is 17.6 Å². The zero-order valence-electron chi connectivity index (χ0n) is 14.4. The number of pyridine rings is 1. The summed E-state index contributed by atoms with van der Waals surface area (Å²) >= 11 is 0. The lowest BCUT2D eigenvalue weighted by molar-refractivity contribution is -0.171. The van der Waals surface area contributed by atoms with Crippen LogP contribution in [0.2, 0.25) is 0 Å². The number of nitrogens with two attached hydrogens (primary N) is 1. The van der Waals surface area contributed by atoms with Crippen LogP contribution in [0.15, 0.2) is 12.3 Å². The Kier molecular flexibility index (Phi) is 5.06. The first kappa shape index (κ1) is 18.5. The SMILES string of the molecule is CO[C@@]1(c2ccnc(C(N)=O)c2F)[C@@H]2CCC[C@H]1CN(C1CC1)C2.Cl. The Hall–Kier alpha value is -1.24. The number of hydrogen-bond donors (Lipinski definition) is 1. The van der Waals surface area contributed by atoms with Gasteiger partial charge in [0.25, 0.3) is 5.91 Å². The number of hydrogen-bond acceptors (Lipinski definition) is 4. The van der Waals surface area contributed by atoms with Crippen LogP contribution in [0.3, 0.4) is 0 Å². The van der Waals surface area contributed by atoms with Gasteiger partial charge in [-0.3, -0.25) is 9.69 Å². The highest BCUT2D eigenvalue weighted by Crippen LogP contribution is 2.53. The van der Waals surface area contributed by atoms with Crippen LogP contribution in [0.25, 0.3) is 0 Å². The first-order valence-corrected chi connectivity index (χ1v) is 8.82. The summed E-state index contributed by atoms with van der Waals surface area (Å²) in [5.41, 5.74) is 4.79. The summed E-state index contributed by atoms with van der Waals surface area (Å²) < 4.78 is 21.1.